The number of urea groups is 1. The lowest BCUT2D eigenvalue weighted by molar-refractivity contribution is -0.166. The highest BCUT2D eigenvalue weighted by molar-refractivity contribution is 5.94. The Morgan fingerprint density at radius 2 is 1.50 bits per heavy atom. The van der Waals surface area contributed by atoms with Gasteiger partial charge < -0.3 is 25.8 Å². The molecule has 0 radical (unpaired) electrons. The molecule has 0 fully saturated rings. The molecule has 0 saturated carbocycles. The zero-order valence-corrected chi connectivity index (χ0v) is 14.8. The maximum atomic E-state index is 12.9. The van der Waals surface area contributed by atoms with Gasteiger partial charge in [0.1, 0.15) is 0 Å². The average Bonchev–Trinajstić information content (AvgIpc) is 3.45. The molecule has 1 aliphatic heterocycles. The molecular formula is C16H20F3N5O4. The van der Waals surface area contributed by atoms with Crippen LogP contribution in [0.4, 0.5) is 18.0 Å². The zero-order chi connectivity index (χ0) is 20.6. The Bertz CT molecular complexity index is 703. The second-order valence-corrected chi connectivity index (χ2v) is 5.72. The van der Waals surface area contributed by atoms with E-state index in [1.54, 1.807) is 0 Å². The first kappa shape index (κ1) is 21.6. The predicted molar refractivity (Wildman–Crippen MR) is 90.6 cm³/mol. The van der Waals surface area contributed by atoms with Crippen molar-refractivity contribution in [3.8, 4) is 0 Å². The van der Waals surface area contributed by atoms with Gasteiger partial charge in [-0.05, 0) is 12.1 Å². The first-order valence-electron chi connectivity index (χ1n) is 8.34. The number of primary amides is 1. The highest BCUT2D eigenvalue weighted by Crippen LogP contribution is 2.52. The molecule has 154 valence electrons. The molecule has 0 aromatic heterocycles. The maximum Gasteiger partial charge on any atom is 0.442 e. The van der Waals surface area contributed by atoms with Crippen molar-refractivity contribution in [2.45, 2.75) is 11.8 Å². The minimum Gasteiger partial charge on any atom is -0.377 e. The highest BCUT2D eigenvalue weighted by atomic mass is 19.4. The fourth-order valence-electron chi connectivity index (χ4n) is 2.20. The van der Waals surface area contributed by atoms with Crippen LogP contribution in [0.5, 0.6) is 0 Å². The molecule has 2 rings (SSSR count). The van der Waals surface area contributed by atoms with Crippen LogP contribution in [0, 0.1) is 0 Å². The molecule has 9 nitrogen and oxygen atoms in total. The standard InChI is InChI=1S/C16H20F3N5O4/c17-16(18,19)15(23-24-15)12-3-1-11(2-4-12)13(25)21-5-7-27-9-10-28-8-6-22-14(20)26/h1-4H,5-10H2,(H,21,25)(H3,20,22,26). The molecule has 3 amide bonds. The van der Waals surface area contributed by atoms with E-state index in [2.05, 4.69) is 20.9 Å². The number of halogens is 3. The normalized spacial score (nSPS) is 14.5. The van der Waals surface area contributed by atoms with Crippen molar-refractivity contribution in [2.75, 3.05) is 39.5 Å². The number of ether oxygens (including phenoxy) is 2. The summed E-state index contributed by atoms with van der Waals surface area (Å²) in [5.41, 5.74) is 2.47. The maximum absolute atomic E-state index is 12.9. The van der Waals surface area contributed by atoms with E-state index >= 15 is 0 Å². The van der Waals surface area contributed by atoms with Crippen LogP contribution in [-0.4, -0.2) is 57.6 Å². The van der Waals surface area contributed by atoms with Crippen molar-refractivity contribution in [1.82, 2.24) is 10.6 Å². The molecule has 0 saturated heterocycles. The van der Waals surface area contributed by atoms with Crippen molar-refractivity contribution >= 4 is 11.9 Å². The third-order valence-corrected chi connectivity index (χ3v) is 3.69. The summed E-state index contributed by atoms with van der Waals surface area (Å²) in [5.74, 6) is -0.436. The molecular weight excluding hydrogens is 383 g/mol. The molecule has 1 aliphatic rings. The SMILES string of the molecule is NC(=O)NCCOCCOCCNC(=O)c1ccc(C2(C(F)(F)F)N=N2)cc1. The van der Waals surface area contributed by atoms with Gasteiger partial charge in [-0.25, -0.2) is 4.79 Å². The van der Waals surface area contributed by atoms with Gasteiger partial charge in [0.05, 0.1) is 26.4 Å². The lowest BCUT2D eigenvalue weighted by atomic mass is 10.0. The van der Waals surface area contributed by atoms with Gasteiger partial charge in [-0.2, -0.15) is 13.2 Å². The monoisotopic (exact) mass is 403 g/mol. The van der Waals surface area contributed by atoms with E-state index in [9.17, 15) is 22.8 Å². The number of nitrogens with one attached hydrogen (secondary N) is 2. The van der Waals surface area contributed by atoms with Crippen LogP contribution >= 0.6 is 0 Å². The van der Waals surface area contributed by atoms with Crippen molar-refractivity contribution in [2.24, 2.45) is 16.0 Å². The highest BCUT2D eigenvalue weighted by Gasteiger charge is 2.65. The number of carbonyl (C=O) groups excluding carboxylic acids is 2. The Labute approximate surface area is 158 Å². The van der Waals surface area contributed by atoms with Gasteiger partial charge in [0.2, 0.25) is 0 Å². The molecule has 0 atom stereocenters. The van der Waals surface area contributed by atoms with Gasteiger partial charge in [-0.15, -0.1) is 10.2 Å². The van der Waals surface area contributed by atoms with E-state index in [1.807, 2.05) is 0 Å². The third-order valence-electron chi connectivity index (χ3n) is 3.69. The van der Waals surface area contributed by atoms with Crippen molar-refractivity contribution in [1.29, 1.82) is 0 Å². The molecule has 0 spiro atoms. The van der Waals surface area contributed by atoms with Gasteiger partial charge in [0.15, 0.2) is 0 Å². The molecule has 1 heterocycles. The van der Waals surface area contributed by atoms with E-state index in [0.29, 0.717) is 26.4 Å². The zero-order valence-electron chi connectivity index (χ0n) is 14.8. The number of amides is 3. The molecule has 4 N–H and O–H groups in total. The average molecular weight is 403 g/mol. The molecule has 0 aliphatic carbocycles. The summed E-state index contributed by atoms with van der Waals surface area (Å²) in [6.07, 6.45) is -4.60. The summed E-state index contributed by atoms with van der Waals surface area (Å²) in [6.45, 7) is 1.68. The van der Waals surface area contributed by atoms with E-state index < -0.39 is 23.8 Å². The summed E-state index contributed by atoms with van der Waals surface area (Å²) >= 11 is 0. The van der Waals surface area contributed by atoms with E-state index in [-0.39, 0.29) is 24.3 Å². The number of rotatable bonds is 11. The van der Waals surface area contributed by atoms with Crippen molar-refractivity contribution in [3.63, 3.8) is 0 Å². The van der Waals surface area contributed by atoms with Crippen LogP contribution in [0.2, 0.25) is 0 Å². The van der Waals surface area contributed by atoms with E-state index in [1.165, 1.54) is 24.3 Å². The van der Waals surface area contributed by atoms with Crippen LogP contribution < -0.4 is 16.4 Å². The van der Waals surface area contributed by atoms with Crippen LogP contribution in [0.3, 0.4) is 0 Å². The van der Waals surface area contributed by atoms with E-state index in [0.717, 1.165) is 0 Å². The Morgan fingerprint density at radius 3 is 1.96 bits per heavy atom. The number of nitrogens with zero attached hydrogens (tertiary/aromatic N) is 2. The third kappa shape index (κ3) is 5.89. The van der Waals surface area contributed by atoms with Crippen LogP contribution in [0.1, 0.15) is 15.9 Å². The number of nitrogens with two attached hydrogens (primary N) is 1. The number of alkyl halides is 3. The Balaban J connectivity index is 1.60. The Hall–Kier alpha value is -2.73. The quantitative estimate of drug-likeness (QED) is 0.481. The van der Waals surface area contributed by atoms with Gasteiger partial charge in [-0.1, -0.05) is 12.1 Å². The summed E-state index contributed by atoms with van der Waals surface area (Å²) in [5, 5.41) is 11.2. The Morgan fingerprint density at radius 1 is 0.964 bits per heavy atom. The largest absolute Gasteiger partial charge is 0.442 e. The van der Waals surface area contributed by atoms with Gasteiger partial charge in [0.25, 0.3) is 5.91 Å². The summed E-state index contributed by atoms with van der Waals surface area (Å²) < 4.78 is 49.2. The van der Waals surface area contributed by atoms with Crippen LogP contribution in [-0.2, 0) is 15.1 Å². The Kier molecular flexibility index (Phi) is 7.29. The number of carbonyl (C=O) groups is 2. The fraction of sp³-hybridized carbons (Fsp3) is 0.500. The summed E-state index contributed by atoms with van der Waals surface area (Å²) in [6, 6.07) is 4.32. The lowest BCUT2D eigenvalue weighted by Crippen LogP contribution is -2.32. The molecule has 0 bridgehead atoms. The van der Waals surface area contributed by atoms with Crippen molar-refractivity contribution < 1.29 is 32.2 Å². The van der Waals surface area contributed by atoms with E-state index in [4.69, 9.17) is 15.2 Å². The molecule has 12 heteroatoms. The first-order valence-corrected chi connectivity index (χ1v) is 8.34. The second kappa shape index (κ2) is 9.46. The first-order chi connectivity index (χ1) is 13.3. The number of hydrogen-bond donors (Lipinski definition) is 3. The molecule has 0 unspecified atom stereocenters. The number of hydrogen-bond acceptors (Lipinski definition) is 6. The van der Waals surface area contributed by atoms with Crippen LogP contribution in [0.15, 0.2) is 34.5 Å². The van der Waals surface area contributed by atoms with Gasteiger partial charge in [0, 0.05) is 24.2 Å². The second-order valence-electron chi connectivity index (χ2n) is 5.72. The van der Waals surface area contributed by atoms with Crippen molar-refractivity contribution in [3.05, 3.63) is 35.4 Å². The van der Waals surface area contributed by atoms with Gasteiger partial charge in [-0.3, -0.25) is 4.79 Å². The smallest absolute Gasteiger partial charge is 0.377 e. The van der Waals surface area contributed by atoms with Gasteiger partial charge >= 0.3 is 17.9 Å². The lowest BCUT2D eigenvalue weighted by Gasteiger charge is -2.15. The predicted octanol–water partition coefficient (Wildman–Crippen LogP) is 1.30. The summed E-state index contributed by atoms with van der Waals surface area (Å²) in [4.78, 5) is 22.4. The minimum absolute atomic E-state index is 0.133. The molecule has 1 aromatic rings. The topological polar surface area (TPSA) is 127 Å². The fourth-order valence-corrected chi connectivity index (χ4v) is 2.20. The molecule has 28 heavy (non-hydrogen) atoms. The number of benzene rings is 1. The summed E-state index contributed by atoms with van der Waals surface area (Å²) in [7, 11) is 0. The molecule has 1 aromatic carbocycles. The van der Waals surface area contributed by atoms with Crippen LogP contribution in [0.25, 0.3) is 0 Å². The minimum atomic E-state index is -4.60.